The Labute approximate surface area is 220 Å². The number of methoxy groups -OCH3 is 1. The first-order chi connectivity index (χ1) is 18.1. The van der Waals surface area contributed by atoms with Crippen LogP contribution in [0, 0.1) is 0 Å². The Morgan fingerprint density at radius 1 is 1.03 bits per heavy atom. The number of rotatable bonds is 8. The Balaban J connectivity index is 1.59. The van der Waals surface area contributed by atoms with Crippen molar-refractivity contribution < 1.29 is 27.5 Å². The maximum atomic E-state index is 13.7. The van der Waals surface area contributed by atoms with Crippen LogP contribution in [-0.4, -0.2) is 59.5 Å². The van der Waals surface area contributed by atoms with Gasteiger partial charge in [-0.15, -0.1) is 0 Å². The Bertz CT molecular complexity index is 1250. The summed E-state index contributed by atoms with van der Waals surface area (Å²) in [5.41, 5.74) is 2.40. The van der Waals surface area contributed by atoms with E-state index < -0.39 is 17.6 Å². The average Bonchev–Trinajstić information content (AvgIpc) is 3.38. The molecule has 2 amide bonds. The van der Waals surface area contributed by atoms with E-state index in [9.17, 15) is 22.8 Å². The molecule has 0 fully saturated rings. The quantitative estimate of drug-likeness (QED) is 0.397. The number of alkyl halides is 3. The normalized spacial score (nSPS) is 15.4. The summed E-state index contributed by atoms with van der Waals surface area (Å²) in [7, 11) is 1.48. The van der Waals surface area contributed by atoms with Gasteiger partial charge in [0, 0.05) is 44.2 Å². The van der Waals surface area contributed by atoms with Gasteiger partial charge in [-0.25, -0.2) is 0 Å². The Morgan fingerprint density at radius 3 is 2.32 bits per heavy atom. The number of benzene rings is 2. The minimum absolute atomic E-state index is 0.0789. The second-order valence-electron chi connectivity index (χ2n) is 9.73. The minimum Gasteiger partial charge on any atom is -0.383 e. The molecule has 0 N–H and O–H groups in total. The number of aromatic nitrogens is 1. The number of nitrogens with zero attached hydrogens (tertiary/aromatic N) is 3. The Kier molecular flexibility index (Phi) is 8.26. The fraction of sp³-hybridized carbons (Fsp3) is 0.379. The summed E-state index contributed by atoms with van der Waals surface area (Å²) < 4.78 is 46.2. The molecule has 38 heavy (non-hydrogen) atoms. The van der Waals surface area contributed by atoms with Crippen LogP contribution in [0.1, 0.15) is 58.5 Å². The van der Waals surface area contributed by atoms with Gasteiger partial charge in [0.25, 0.3) is 5.91 Å². The number of hydrogen-bond donors (Lipinski definition) is 0. The van der Waals surface area contributed by atoms with Crippen LogP contribution in [0.2, 0.25) is 0 Å². The zero-order valence-electron chi connectivity index (χ0n) is 21.7. The first kappa shape index (κ1) is 27.4. The highest BCUT2D eigenvalue weighted by molar-refractivity contribution is 5.96. The number of amides is 2. The predicted octanol–water partition coefficient (Wildman–Crippen LogP) is 5.35. The lowest BCUT2D eigenvalue weighted by atomic mass is 9.95. The summed E-state index contributed by atoms with van der Waals surface area (Å²) in [6.07, 6.45) is -2.51. The van der Waals surface area contributed by atoms with Crippen LogP contribution in [0.4, 0.5) is 13.2 Å². The molecule has 2 aromatic carbocycles. The van der Waals surface area contributed by atoms with E-state index in [4.69, 9.17) is 4.74 Å². The summed E-state index contributed by atoms with van der Waals surface area (Å²) in [4.78, 5) is 30.1. The van der Waals surface area contributed by atoms with E-state index in [1.807, 2.05) is 30.5 Å². The van der Waals surface area contributed by atoms with Gasteiger partial charge in [0.1, 0.15) is 6.54 Å². The maximum absolute atomic E-state index is 13.7. The van der Waals surface area contributed by atoms with Gasteiger partial charge < -0.3 is 19.1 Å². The number of carbonyl (C=O) groups excluding carboxylic acids is 2. The predicted molar refractivity (Wildman–Crippen MR) is 138 cm³/mol. The van der Waals surface area contributed by atoms with Gasteiger partial charge in [0.05, 0.1) is 18.2 Å². The maximum Gasteiger partial charge on any atom is 0.416 e. The highest BCUT2D eigenvalue weighted by Gasteiger charge is 2.34. The molecule has 6 nitrogen and oxygen atoms in total. The van der Waals surface area contributed by atoms with Gasteiger partial charge in [-0.1, -0.05) is 38.1 Å². The molecule has 9 heteroatoms. The molecular weight excluding hydrogens is 495 g/mol. The van der Waals surface area contributed by atoms with Crippen molar-refractivity contribution in [2.45, 2.75) is 38.5 Å². The Morgan fingerprint density at radius 2 is 1.71 bits per heavy atom. The highest BCUT2D eigenvalue weighted by Crippen LogP contribution is 2.33. The first-order valence-electron chi connectivity index (χ1n) is 12.6. The van der Waals surface area contributed by atoms with Crippen molar-refractivity contribution in [1.29, 1.82) is 0 Å². The lowest BCUT2D eigenvalue weighted by molar-refractivity contribution is -0.137. The molecule has 1 unspecified atom stereocenters. The molecule has 1 aromatic heterocycles. The molecule has 4 rings (SSSR count). The fourth-order valence-corrected chi connectivity index (χ4v) is 4.76. The minimum atomic E-state index is -4.50. The lowest BCUT2D eigenvalue weighted by Crippen LogP contribution is -2.48. The third kappa shape index (κ3) is 5.93. The summed E-state index contributed by atoms with van der Waals surface area (Å²) >= 11 is 0. The van der Waals surface area contributed by atoms with Crippen molar-refractivity contribution in [3.63, 3.8) is 0 Å². The zero-order valence-corrected chi connectivity index (χ0v) is 21.7. The van der Waals surface area contributed by atoms with Crippen LogP contribution in [-0.2, 0) is 22.3 Å². The van der Waals surface area contributed by atoms with E-state index in [0.717, 1.165) is 35.5 Å². The van der Waals surface area contributed by atoms with E-state index in [1.165, 1.54) is 17.6 Å². The number of hydrogen-bond acceptors (Lipinski definition) is 3. The summed E-state index contributed by atoms with van der Waals surface area (Å²) in [6, 6.07) is 15.9. The van der Waals surface area contributed by atoms with Crippen molar-refractivity contribution >= 4 is 11.8 Å². The van der Waals surface area contributed by atoms with Gasteiger partial charge >= 0.3 is 6.18 Å². The largest absolute Gasteiger partial charge is 0.416 e. The van der Waals surface area contributed by atoms with E-state index in [0.29, 0.717) is 19.0 Å². The van der Waals surface area contributed by atoms with Gasteiger partial charge in [-0.05, 0) is 53.4 Å². The summed E-state index contributed by atoms with van der Waals surface area (Å²) in [5.74, 6) is -0.392. The SMILES string of the molecule is COCCN(CC(=O)N1CCn2cccc2C1c1ccc(C(C)C)cc1)C(=O)c1ccc(C(F)(F)F)cc1. The van der Waals surface area contributed by atoms with Crippen molar-refractivity contribution in [2.24, 2.45) is 0 Å². The third-order valence-corrected chi connectivity index (χ3v) is 6.92. The van der Waals surface area contributed by atoms with E-state index in [1.54, 1.807) is 4.90 Å². The topological polar surface area (TPSA) is 54.8 Å². The zero-order chi connectivity index (χ0) is 27.4. The molecule has 0 saturated carbocycles. The molecule has 0 bridgehead atoms. The molecule has 1 aliphatic rings. The molecule has 0 spiro atoms. The van der Waals surface area contributed by atoms with Crippen LogP contribution in [0.15, 0.2) is 66.9 Å². The highest BCUT2D eigenvalue weighted by atomic mass is 19.4. The van der Waals surface area contributed by atoms with E-state index >= 15 is 0 Å². The van der Waals surface area contributed by atoms with E-state index in [2.05, 4.69) is 30.5 Å². The number of ether oxygens (including phenoxy) is 1. The van der Waals surface area contributed by atoms with Crippen LogP contribution in [0.3, 0.4) is 0 Å². The van der Waals surface area contributed by atoms with Crippen LogP contribution < -0.4 is 0 Å². The molecule has 0 radical (unpaired) electrons. The van der Waals surface area contributed by atoms with Crippen molar-refractivity contribution in [1.82, 2.24) is 14.4 Å². The van der Waals surface area contributed by atoms with Gasteiger partial charge in [-0.2, -0.15) is 13.2 Å². The number of halogens is 3. The number of carbonyl (C=O) groups is 2. The molecule has 2 heterocycles. The first-order valence-corrected chi connectivity index (χ1v) is 12.6. The van der Waals surface area contributed by atoms with E-state index in [-0.39, 0.29) is 37.2 Å². The number of fused-ring (bicyclic) bond motifs is 1. The van der Waals surface area contributed by atoms with Crippen LogP contribution >= 0.6 is 0 Å². The molecule has 3 aromatic rings. The summed E-state index contributed by atoms with van der Waals surface area (Å²) in [5, 5.41) is 0. The molecule has 1 atom stereocenters. The second-order valence-corrected chi connectivity index (χ2v) is 9.73. The molecular formula is C29H32F3N3O3. The smallest absolute Gasteiger partial charge is 0.383 e. The van der Waals surface area contributed by atoms with Crippen molar-refractivity contribution in [3.05, 3.63) is 94.8 Å². The molecule has 202 valence electrons. The van der Waals surface area contributed by atoms with Crippen molar-refractivity contribution in [3.8, 4) is 0 Å². The van der Waals surface area contributed by atoms with Crippen LogP contribution in [0.5, 0.6) is 0 Å². The molecule has 0 saturated heterocycles. The fourth-order valence-electron chi connectivity index (χ4n) is 4.76. The molecule has 1 aliphatic heterocycles. The van der Waals surface area contributed by atoms with Crippen LogP contribution in [0.25, 0.3) is 0 Å². The standard InChI is InChI=1S/C29H32F3N3O3/c1-20(2)21-6-8-22(9-7-21)27-25-5-4-14-33(25)15-16-35(27)26(36)19-34(17-18-38-3)28(37)23-10-12-24(13-11-23)29(30,31)32/h4-14,20,27H,15-19H2,1-3H3. The third-order valence-electron chi connectivity index (χ3n) is 6.92. The average molecular weight is 528 g/mol. The Hall–Kier alpha value is -3.59. The second kappa shape index (κ2) is 11.4. The van der Waals surface area contributed by atoms with Crippen molar-refractivity contribution in [2.75, 3.05) is 33.4 Å². The monoisotopic (exact) mass is 527 g/mol. The van der Waals surface area contributed by atoms with Gasteiger partial charge in [-0.3, -0.25) is 9.59 Å². The van der Waals surface area contributed by atoms with Gasteiger partial charge in [0.2, 0.25) is 5.91 Å². The lowest BCUT2D eigenvalue weighted by Gasteiger charge is -2.38. The van der Waals surface area contributed by atoms with Gasteiger partial charge in [0.15, 0.2) is 0 Å². The molecule has 0 aliphatic carbocycles. The summed E-state index contributed by atoms with van der Waals surface area (Å²) in [6.45, 7) is 5.42.